The Morgan fingerprint density at radius 2 is 1.20 bits per heavy atom. The number of hydrogen-bond acceptors (Lipinski definition) is 8. The van der Waals surface area contributed by atoms with Crippen LogP contribution in [-0.2, 0) is 38.1 Å². The predicted octanol–water partition coefficient (Wildman–Crippen LogP) is 0.788. The molecule has 0 aliphatic heterocycles. The second-order valence-electron chi connectivity index (χ2n) is 4.98. The van der Waals surface area contributed by atoms with E-state index in [9.17, 15) is 14.4 Å². The van der Waals surface area contributed by atoms with Gasteiger partial charge in [0, 0.05) is 12.8 Å². The molecule has 0 rings (SSSR count). The monoisotopic (exact) mass is 364 g/mol. The number of unbranched alkanes of at least 4 members (excludes halogenated alkanes) is 1. The van der Waals surface area contributed by atoms with E-state index in [0.717, 1.165) is 0 Å². The lowest BCUT2D eigenvalue weighted by molar-refractivity contribution is -0.146. The number of carbonyl (C=O) groups is 3. The van der Waals surface area contributed by atoms with Crippen molar-refractivity contribution in [1.29, 1.82) is 0 Å². The van der Waals surface area contributed by atoms with E-state index in [1.54, 1.807) is 0 Å². The molecule has 0 unspecified atom stereocenters. The van der Waals surface area contributed by atoms with Gasteiger partial charge in [-0.1, -0.05) is 0 Å². The summed E-state index contributed by atoms with van der Waals surface area (Å²) in [5.74, 6) is -1.53. The van der Waals surface area contributed by atoms with Crippen LogP contribution < -0.4 is 0 Å². The van der Waals surface area contributed by atoms with E-state index < -0.39 is 5.97 Å². The van der Waals surface area contributed by atoms with Gasteiger partial charge >= 0.3 is 17.9 Å². The molecule has 9 heteroatoms. The third-order valence-corrected chi connectivity index (χ3v) is 2.93. The summed E-state index contributed by atoms with van der Waals surface area (Å²) in [7, 11) is 1.33. The van der Waals surface area contributed by atoms with Crippen molar-refractivity contribution in [3.63, 3.8) is 0 Å². The van der Waals surface area contributed by atoms with E-state index in [1.165, 1.54) is 7.11 Å². The quantitative estimate of drug-likeness (QED) is 0.295. The van der Waals surface area contributed by atoms with E-state index >= 15 is 0 Å². The summed E-state index contributed by atoms with van der Waals surface area (Å²) in [4.78, 5) is 32.4. The number of esters is 2. The highest BCUT2D eigenvalue weighted by Gasteiger charge is 2.04. The molecule has 0 radical (unpaired) electrons. The maximum atomic E-state index is 11.3. The largest absolute Gasteiger partial charge is 0.481 e. The summed E-state index contributed by atoms with van der Waals surface area (Å²) in [6, 6.07) is 0. The normalized spacial score (nSPS) is 10.4. The number of aliphatic carboxylic acids is 1. The van der Waals surface area contributed by atoms with Crippen LogP contribution in [0.25, 0.3) is 0 Å². The Morgan fingerprint density at radius 1 is 0.680 bits per heavy atom. The van der Waals surface area contributed by atoms with Crippen molar-refractivity contribution in [2.75, 3.05) is 53.4 Å². The zero-order valence-corrected chi connectivity index (χ0v) is 14.7. The number of carbonyl (C=O) groups excluding carboxylic acids is 2. The molecule has 0 saturated carbocycles. The van der Waals surface area contributed by atoms with Gasteiger partial charge in [0.15, 0.2) is 0 Å². The minimum atomic E-state index is -0.864. The van der Waals surface area contributed by atoms with Crippen molar-refractivity contribution >= 4 is 17.9 Å². The van der Waals surface area contributed by atoms with E-state index in [2.05, 4.69) is 4.74 Å². The fourth-order valence-electron chi connectivity index (χ4n) is 1.63. The minimum absolute atomic E-state index is 0.0622. The van der Waals surface area contributed by atoms with Gasteiger partial charge in [-0.05, 0) is 12.8 Å². The third-order valence-electron chi connectivity index (χ3n) is 2.93. The SMILES string of the molecule is COC(=O)CCOCCOCCOCCOC(=O)CCCCC(=O)O. The molecule has 0 bridgehead atoms. The van der Waals surface area contributed by atoms with Crippen LogP contribution in [0.1, 0.15) is 32.1 Å². The Bertz CT molecular complexity index is 371. The maximum absolute atomic E-state index is 11.3. The number of carboxylic acid groups (broad SMARTS) is 1. The van der Waals surface area contributed by atoms with Gasteiger partial charge in [0.25, 0.3) is 0 Å². The molecule has 146 valence electrons. The van der Waals surface area contributed by atoms with Crippen LogP contribution in [0.2, 0.25) is 0 Å². The molecule has 0 aromatic heterocycles. The molecule has 9 nitrogen and oxygen atoms in total. The fraction of sp³-hybridized carbons (Fsp3) is 0.812. The highest BCUT2D eigenvalue weighted by Crippen LogP contribution is 2.01. The van der Waals surface area contributed by atoms with Crippen LogP contribution in [0.4, 0.5) is 0 Å². The average Bonchev–Trinajstić information content (AvgIpc) is 2.59. The summed E-state index contributed by atoms with van der Waals surface area (Å²) >= 11 is 0. The fourth-order valence-corrected chi connectivity index (χ4v) is 1.63. The second kappa shape index (κ2) is 17.1. The molecule has 1 N–H and O–H groups in total. The van der Waals surface area contributed by atoms with Crippen molar-refractivity contribution in [3.8, 4) is 0 Å². The van der Waals surface area contributed by atoms with Gasteiger partial charge < -0.3 is 28.8 Å². The second-order valence-corrected chi connectivity index (χ2v) is 4.98. The molecule has 0 spiro atoms. The first kappa shape index (κ1) is 23.3. The lowest BCUT2D eigenvalue weighted by Crippen LogP contribution is -2.14. The summed E-state index contributed by atoms with van der Waals surface area (Å²) in [5, 5.41) is 8.46. The Morgan fingerprint density at radius 3 is 1.76 bits per heavy atom. The van der Waals surface area contributed by atoms with Crippen molar-refractivity contribution in [3.05, 3.63) is 0 Å². The zero-order chi connectivity index (χ0) is 18.8. The summed E-state index contributed by atoms with van der Waals surface area (Å²) < 4.78 is 25.1. The highest BCUT2D eigenvalue weighted by atomic mass is 16.6. The molecule has 0 fully saturated rings. The molecule has 0 aromatic rings. The number of methoxy groups -OCH3 is 1. The Kier molecular flexibility index (Phi) is 16.0. The lowest BCUT2D eigenvalue weighted by Gasteiger charge is -2.07. The van der Waals surface area contributed by atoms with Crippen LogP contribution >= 0.6 is 0 Å². The lowest BCUT2D eigenvalue weighted by atomic mass is 10.2. The molecule has 25 heavy (non-hydrogen) atoms. The van der Waals surface area contributed by atoms with E-state index in [0.29, 0.717) is 45.9 Å². The van der Waals surface area contributed by atoms with Gasteiger partial charge in [-0.2, -0.15) is 0 Å². The average molecular weight is 364 g/mol. The van der Waals surface area contributed by atoms with E-state index in [1.807, 2.05) is 0 Å². The molecule has 0 atom stereocenters. The molecular weight excluding hydrogens is 336 g/mol. The van der Waals surface area contributed by atoms with Crippen molar-refractivity contribution in [1.82, 2.24) is 0 Å². The molecular formula is C16H28O9. The smallest absolute Gasteiger partial charge is 0.307 e. The van der Waals surface area contributed by atoms with Gasteiger partial charge in [-0.3, -0.25) is 14.4 Å². The molecule has 0 aromatic carbocycles. The Balaban J connectivity index is 3.19. The van der Waals surface area contributed by atoms with E-state index in [4.69, 9.17) is 24.1 Å². The van der Waals surface area contributed by atoms with Crippen molar-refractivity contribution in [2.45, 2.75) is 32.1 Å². The number of hydrogen-bond donors (Lipinski definition) is 1. The van der Waals surface area contributed by atoms with Gasteiger partial charge in [0.2, 0.25) is 0 Å². The van der Waals surface area contributed by atoms with Gasteiger partial charge in [-0.15, -0.1) is 0 Å². The standard InChI is InChI=1S/C16H28O9/c1-21-15(19)6-7-22-8-9-23-10-11-24-12-13-25-16(20)5-3-2-4-14(17)18/h2-13H2,1H3,(H,17,18). The molecule has 0 amide bonds. The van der Waals surface area contributed by atoms with Crippen LogP contribution in [-0.4, -0.2) is 76.4 Å². The van der Waals surface area contributed by atoms with E-state index in [-0.39, 0.29) is 44.4 Å². The highest BCUT2D eigenvalue weighted by molar-refractivity contribution is 5.70. The minimum Gasteiger partial charge on any atom is -0.481 e. The summed E-state index contributed by atoms with van der Waals surface area (Å²) in [6.07, 6.45) is 1.46. The predicted molar refractivity (Wildman–Crippen MR) is 86.2 cm³/mol. The van der Waals surface area contributed by atoms with Crippen molar-refractivity contribution in [2.24, 2.45) is 0 Å². The Hall–Kier alpha value is -1.71. The number of ether oxygens (including phenoxy) is 5. The first-order valence-corrected chi connectivity index (χ1v) is 8.23. The topological polar surface area (TPSA) is 118 Å². The first-order valence-electron chi connectivity index (χ1n) is 8.23. The van der Waals surface area contributed by atoms with Crippen LogP contribution in [0, 0.1) is 0 Å². The third kappa shape index (κ3) is 18.5. The first-order chi connectivity index (χ1) is 12.1. The summed E-state index contributed by atoms with van der Waals surface area (Å²) in [6.45, 7) is 2.29. The van der Waals surface area contributed by atoms with Crippen LogP contribution in [0.5, 0.6) is 0 Å². The van der Waals surface area contributed by atoms with Gasteiger partial charge in [-0.25, -0.2) is 0 Å². The van der Waals surface area contributed by atoms with Gasteiger partial charge in [0.05, 0.1) is 53.2 Å². The molecule has 0 aliphatic carbocycles. The molecule has 0 saturated heterocycles. The molecule has 0 heterocycles. The summed E-state index contributed by atoms with van der Waals surface area (Å²) in [5.41, 5.74) is 0. The van der Waals surface area contributed by atoms with Crippen molar-refractivity contribution < 1.29 is 43.2 Å². The Labute approximate surface area is 147 Å². The molecule has 0 aliphatic rings. The zero-order valence-electron chi connectivity index (χ0n) is 14.7. The maximum Gasteiger partial charge on any atom is 0.307 e. The number of carboxylic acids is 1. The number of rotatable bonds is 17. The van der Waals surface area contributed by atoms with Crippen LogP contribution in [0.15, 0.2) is 0 Å². The van der Waals surface area contributed by atoms with Crippen LogP contribution in [0.3, 0.4) is 0 Å². The van der Waals surface area contributed by atoms with Gasteiger partial charge in [0.1, 0.15) is 6.61 Å².